The summed E-state index contributed by atoms with van der Waals surface area (Å²) in [6, 6.07) is 48.1. The van der Waals surface area contributed by atoms with E-state index in [1.807, 2.05) is 0 Å². The van der Waals surface area contributed by atoms with E-state index < -0.39 is 0 Å². The summed E-state index contributed by atoms with van der Waals surface area (Å²) in [5, 5.41) is 2.61. The van der Waals surface area contributed by atoms with Crippen LogP contribution < -0.4 is 4.90 Å². The van der Waals surface area contributed by atoms with Gasteiger partial charge in [0.15, 0.2) is 0 Å². The molecule has 45 heavy (non-hydrogen) atoms. The lowest BCUT2D eigenvalue weighted by Crippen LogP contribution is -2.25. The molecule has 0 spiro atoms. The molecule has 1 heteroatoms. The Morgan fingerprint density at radius 2 is 1.04 bits per heavy atom. The second-order valence-corrected chi connectivity index (χ2v) is 13.6. The number of para-hydroxylation sites is 1. The van der Waals surface area contributed by atoms with E-state index in [1.54, 1.807) is 0 Å². The predicted molar refractivity (Wildman–Crippen MR) is 192 cm³/mol. The van der Waals surface area contributed by atoms with Crippen molar-refractivity contribution >= 4 is 27.8 Å². The van der Waals surface area contributed by atoms with Crippen LogP contribution in [-0.2, 0) is 10.8 Å². The zero-order chi connectivity index (χ0) is 30.8. The van der Waals surface area contributed by atoms with Gasteiger partial charge in [-0.15, -0.1) is 0 Å². The highest BCUT2D eigenvalue weighted by Crippen LogP contribution is 2.56. The van der Waals surface area contributed by atoms with Crippen LogP contribution in [0.15, 0.2) is 127 Å². The van der Waals surface area contributed by atoms with Crippen molar-refractivity contribution in [2.45, 2.75) is 64.2 Å². The van der Waals surface area contributed by atoms with Crippen molar-refractivity contribution in [2.75, 3.05) is 4.90 Å². The molecule has 2 aliphatic carbocycles. The van der Waals surface area contributed by atoms with E-state index in [0.29, 0.717) is 0 Å². The van der Waals surface area contributed by atoms with Gasteiger partial charge in [0.2, 0.25) is 0 Å². The smallest absolute Gasteiger partial charge is 0.0468 e. The molecule has 0 atom stereocenters. The molecule has 0 unspecified atom stereocenters. The Balaban J connectivity index is 1.33. The van der Waals surface area contributed by atoms with Crippen molar-refractivity contribution in [2.24, 2.45) is 0 Å². The van der Waals surface area contributed by atoms with E-state index in [9.17, 15) is 0 Å². The molecule has 2 aliphatic rings. The van der Waals surface area contributed by atoms with Gasteiger partial charge in [0, 0.05) is 27.9 Å². The molecule has 0 saturated heterocycles. The monoisotopic (exact) mass is 583 g/mol. The molecule has 0 bridgehead atoms. The number of rotatable bonds is 7. The second-order valence-electron chi connectivity index (χ2n) is 13.6. The molecule has 8 rings (SSSR count). The molecule has 6 aromatic carbocycles. The third-order valence-corrected chi connectivity index (χ3v) is 10.7. The van der Waals surface area contributed by atoms with Crippen LogP contribution in [-0.4, -0.2) is 0 Å². The Hall–Kier alpha value is -4.62. The van der Waals surface area contributed by atoms with E-state index in [2.05, 4.69) is 160 Å². The van der Waals surface area contributed by atoms with Crippen LogP contribution in [0, 0.1) is 0 Å². The average Bonchev–Trinajstić information content (AvgIpc) is 3.45. The third kappa shape index (κ3) is 4.13. The third-order valence-electron chi connectivity index (χ3n) is 10.7. The van der Waals surface area contributed by atoms with Crippen LogP contribution in [0.5, 0.6) is 0 Å². The van der Waals surface area contributed by atoms with Crippen LogP contribution in [0.3, 0.4) is 0 Å². The number of hydrogen-bond donors (Lipinski definition) is 0. The summed E-state index contributed by atoms with van der Waals surface area (Å²) in [6.45, 7) is 9.43. The summed E-state index contributed by atoms with van der Waals surface area (Å²) in [6.07, 6.45) is 4.65. The number of nitrogens with zero attached hydrogens (tertiary/aromatic N) is 1. The van der Waals surface area contributed by atoms with E-state index in [-0.39, 0.29) is 10.8 Å². The van der Waals surface area contributed by atoms with Gasteiger partial charge in [0.05, 0.1) is 0 Å². The predicted octanol–water partition coefficient (Wildman–Crippen LogP) is 12.5. The minimum absolute atomic E-state index is 0.0513. The van der Waals surface area contributed by atoms with Gasteiger partial charge in [0.25, 0.3) is 0 Å². The summed E-state index contributed by atoms with van der Waals surface area (Å²) in [4.78, 5) is 2.47. The highest BCUT2D eigenvalue weighted by atomic mass is 15.1. The standard InChI is InChI=1S/C44H41N/c1-5-24-44(25-6-2)40-19-13-12-18-35(40)36-22-20-34(29-42(36)44)45(32-16-8-7-9-17-32)33-21-23-39-38(28-33)37-26-30-14-10-11-15-31(30)27-41(37)43(39,3)4/h7-23,26-29H,5-6,24-25H2,1-4H3. The molecule has 0 amide bonds. The van der Waals surface area contributed by atoms with Crippen molar-refractivity contribution in [1.82, 2.24) is 0 Å². The zero-order valence-electron chi connectivity index (χ0n) is 26.9. The minimum Gasteiger partial charge on any atom is -0.310 e. The first-order valence-corrected chi connectivity index (χ1v) is 16.7. The maximum atomic E-state index is 2.52. The van der Waals surface area contributed by atoms with Gasteiger partial charge in [-0.3, -0.25) is 0 Å². The largest absolute Gasteiger partial charge is 0.310 e. The molecule has 0 radical (unpaired) electrons. The lowest BCUT2D eigenvalue weighted by molar-refractivity contribution is 0.436. The van der Waals surface area contributed by atoms with E-state index in [1.165, 1.54) is 72.3 Å². The molecular formula is C44H41N. The quantitative estimate of drug-likeness (QED) is 0.181. The van der Waals surface area contributed by atoms with Crippen molar-refractivity contribution in [3.8, 4) is 22.3 Å². The Morgan fingerprint density at radius 1 is 0.444 bits per heavy atom. The fourth-order valence-electron chi connectivity index (χ4n) is 8.69. The normalized spacial score (nSPS) is 14.9. The van der Waals surface area contributed by atoms with E-state index in [0.717, 1.165) is 25.7 Å². The molecule has 0 aliphatic heterocycles. The number of hydrogen-bond acceptors (Lipinski definition) is 1. The van der Waals surface area contributed by atoms with Gasteiger partial charge in [-0.1, -0.05) is 119 Å². The van der Waals surface area contributed by atoms with Crippen molar-refractivity contribution in [3.05, 3.63) is 150 Å². The fraction of sp³-hybridized carbons (Fsp3) is 0.227. The van der Waals surface area contributed by atoms with E-state index >= 15 is 0 Å². The summed E-state index contributed by atoms with van der Waals surface area (Å²) in [7, 11) is 0. The van der Waals surface area contributed by atoms with Crippen LogP contribution in [0.1, 0.15) is 75.6 Å². The van der Waals surface area contributed by atoms with Gasteiger partial charge in [-0.25, -0.2) is 0 Å². The maximum absolute atomic E-state index is 2.52. The van der Waals surface area contributed by atoms with Gasteiger partial charge in [0.1, 0.15) is 0 Å². The molecular weight excluding hydrogens is 542 g/mol. The molecule has 0 N–H and O–H groups in total. The first-order valence-electron chi connectivity index (χ1n) is 16.7. The molecule has 0 heterocycles. The molecule has 1 nitrogen and oxygen atoms in total. The molecule has 0 aromatic heterocycles. The lowest BCUT2D eigenvalue weighted by Gasteiger charge is -2.33. The summed E-state index contributed by atoms with van der Waals surface area (Å²) < 4.78 is 0. The average molecular weight is 584 g/mol. The van der Waals surface area contributed by atoms with Gasteiger partial charge in [-0.05, 0) is 117 Å². The SMILES string of the molecule is CCCC1(CCC)c2ccccc2-c2ccc(N(c3ccccc3)c3ccc4c(c3)-c3cc5ccccc5cc3C4(C)C)cc21. The maximum Gasteiger partial charge on any atom is 0.0468 e. The van der Waals surface area contributed by atoms with Crippen LogP contribution in [0.4, 0.5) is 17.1 Å². The molecule has 6 aromatic rings. The van der Waals surface area contributed by atoms with E-state index in [4.69, 9.17) is 0 Å². The number of anilines is 3. The van der Waals surface area contributed by atoms with Crippen LogP contribution in [0.25, 0.3) is 33.0 Å². The van der Waals surface area contributed by atoms with Gasteiger partial charge in [-0.2, -0.15) is 0 Å². The van der Waals surface area contributed by atoms with Crippen molar-refractivity contribution in [1.29, 1.82) is 0 Å². The van der Waals surface area contributed by atoms with Gasteiger partial charge >= 0.3 is 0 Å². The molecule has 222 valence electrons. The summed E-state index contributed by atoms with van der Waals surface area (Å²) >= 11 is 0. The molecule has 0 saturated carbocycles. The summed E-state index contributed by atoms with van der Waals surface area (Å²) in [5.41, 5.74) is 14.9. The van der Waals surface area contributed by atoms with Crippen LogP contribution >= 0.6 is 0 Å². The fourth-order valence-corrected chi connectivity index (χ4v) is 8.69. The number of fused-ring (bicyclic) bond motifs is 7. The van der Waals surface area contributed by atoms with Gasteiger partial charge < -0.3 is 4.90 Å². The Bertz CT molecular complexity index is 2060. The highest BCUT2D eigenvalue weighted by molar-refractivity contribution is 5.95. The lowest BCUT2D eigenvalue weighted by atomic mass is 9.71. The summed E-state index contributed by atoms with van der Waals surface area (Å²) in [5.74, 6) is 0. The first-order chi connectivity index (χ1) is 22.0. The van der Waals surface area contributed by atoms with Crippen molar-refractivity contribution < 1.29 is 0 Å². The Kier molecular flexibility index (Phi) is 6.50. The Morgan fingerprint density at radius 3 is 1.80 bits per heavy atom. The molecule has 0 fully saturated rings. The number of benzene rings is 6. The second kappa shape index (κ2) is 10.5. The minimum atomic E-state index is -0.0515. The zero-order valence-corrected chi connectivity index (χ0v) is 26.9. The van der Waals surface area contributed by atoms with Crippen LogP contribution in [0.2, 0.25) is 0 Å². The highest BCUT2D eigenvalue weighted by Gasteiger charge is 2.42. The topological polar surface area (TPSA) is 3.24 Å². The first kappa shape index (κ1) is 27.9. The van der Waals surface area contributed by atoms with Crippen molar-refractivity contribution in [3.63, 3.8) is 0 Å². The Labute approximate surface area is 268 Å².